The molecule has 1 N–H and O–H groups in total. The van der Waals surface area contributed by atoms with E-state index in [-0.39, 0.29) is 5.78 Å². The zero-order chi connectivity index (χ0) is 26.1. The smallest absolute Gasteiger partial charge is 0.189 e. The van der Waals surface area contributed by atoms with Crippen molar-refractivity contribution in [1.82, 2.24) is 9.80 Å². The van der Waals surface area contributed by atoms with Crippen LogP contribution < -0.4 is 10.1 Å². The fraction of sp³-hybridized carbons (Fsp3) is 0.323. The van der Waals surface area contributed by atoms with Gasteiger partial charge in [-0.15, -0.1) is 0 Å². The molecule has 0 aromatic heterocycles. The lowest BCUT2D eigenvalue weighted by molar-refractivity contribution is 0.104. The highest BCUT2D eigenvalue weighted by Gasteiger charge is 2.13. The van der Waals surface area contributed by atoms with Crippen molar-refractivity contribution in [2.24, 2.45) is 0 Å². The van der Waals surface area contributed by atoms with Crippen molar-refractivity contribution in [2.45, 2.75) is 13.8 Å². The molecule has 0 aliphatic carbocycles. The second kappa shape index (κ2) is 13.1. The number of hydrogen-bond donors (Lipinski definition) is 1. The van der Waals surface area contributed by atoms with Gasteiger partial charge in [0.1, 0.15) is 12.4 Å². The average molecular weight is 486 g/mol. The molecule has 0 bridgehead atoms. The second-order valence-corrected chi connectivity index (χ2v) is 9.79. The van der Waals surface area contributed by atoms with E-state index in [1.54, 1.807) is 6.08 Å². The largest absolute Gasteiger partial charge is 0.491 e. The minimum atomic E-state index is -0.0768. The van der Waals surface area contributed by atoms with Crippen LogP contribution in [0.2, 0.25) is 0 Å². The maximum absolute atomic E-state index is 13.4. The molecule has 0 aliphatic rings. The van der Waals surface area contributed by atoms with Gasteiger partial charge < -0.3 is 19.9 Å². The Bertz CT molecular complexity index is 1180. The van der Waals surface area contributed by atoms with Crippen molar-refractivity contribution >= 4 is 17.5 Å². The SMILES string of the molecule is Cc1cc(C)cc(-c2ccc(OCCN(C)C)c(C(=O)C=Cc3cccc(NCCN(C)C)c3)c2)c1. The molecule has 0 heterocycles. The van der Waals surface area contributed by atoms with Gasteiger partial charge in [0.25, 0.3) is 0 Å². The summed E-state index contributed by atoms with van der Waals surface area (Å²) < 4.78 is 6.03. The van der Waals surface area contributed by atoms with Gasteiger partial charge >= 0.3 is 0 Å². The molecule has 3 aromatic carbocycles. The summed E-state index contributed by atoms with van der Waals surface area (Å²) in [6.07, 6.45) is 3.50. The monoisotopic (exact) mass is 485 g/mol. The predicted octanol–water partition coefficient (Wildman–Crippen LogP) is 5.78. The molecule has 36 heavy (non-hydrogen) atoms. The summed E-state index contributed by atoms with van der Waals surface area (Å²) in [4.78, 5) is 17.6. The van der Waals surface area contributed by atoms with Crippen molar-refractivity contribution in [3.05, 3.63) is 89.0 Å². The van der Waals surface area contributed by atoms with E-state index in [2.05, 4.69) is 67.3 Å². The summed E-state index contributed by atoms with van der Waals surface area (Å²) in [5.74, 6) is 0.533. The van der Waals surface area contributed by atoms with Crippen LogP contribution in [0.3, 0.4) is 0 Å². The number of likely N-dealkylation sites (N-methyl/N-ethyl adjacent to an activating group) is 2. The van der Waals surface area contributed by atoms with Crippen LogP contribution in [0, 0.1) is 13.8 Å². The van der Waals surface area contributed by atoms with E-state index in [0.29, 0.717) is 17.9 Å². The van der Waals surface area contributed by atoms with E-state index < -0.39 is 0 Å². The van der Waals surface area contributed by atoms with Gasteiger partial charge in [0.2, 0.25) is 0 Å². The average Bonchev–Trinajstić information content (AvgIpc) is 2.82. The van der Waals surface area contributed by atoms with E-state index in [0.717, 1.165) is 42.0 Å². The Morgan fingerprint density at radius 1 is 0.861 bits per heavy atom. The Morgan fingerprint density at radius 2 is 1.58 bits per heavy atom. The van der Waals surface area contributed by atoms with Gasteiger partial charge in [0.15, 0.2) is 5.78 Å². The Morgan fingerprint density at radius 3 is 2.28 bits per heavy atom. The summed E-state index contributed by atoms with van der Waals surface area (Å²) in [5, 5.41) is 3.43. The number of carbonyl (C=O) groups excluding carboxylic acids is 1. The van der Waals surface area contributed by atoms with Crippen molar-refractivity contribution in [3.8, 4) is 16.9 Å². The van der Waals surface area contributed by atoms with Crippen molar-refractivity contribution in [1.29, 1.82) is 0 Å². The van der Waals surface area contributed by atoms with E-state index >= 15 is 0 Å². The Balaban J connectivity index is 1.85. The molecule has 5 nitrogen and oxygen atoms in total. The molecule has 3 rings (SSSR count). The highest BCUT2D eigenvalue weighted by Crippen LogP contribution is 2.29. The molecular formula is C31H39N3O2. The lowest BCUT2D eigenvalue weighted by Gasteiger charge is -2.15. The maximum atomic E-state index is 13.4. The first-order valence-electron chi connectivity index (χ1n) is 12.4. The minimum absolute atomic E-state index is 0.0768. The fourth-order valence-electron chi connectivity index (χ4n) is 3.95. The zero-order valence-electron chi connectivity index (χ0n) is 22.5. The van der Waals surface area contributed by atoms with Gasteiger partial charge in [-0.05, 0) is 89.1 Å². The number of allylic oxidation sites excluding steroid dienone is 1. The van der Waals surface area contributed by atoms with E-state index in [1.807, 2.05) is 56.6 Å². The molecular weight excluding hydrogens is 446 g/mol. The normalized spacial score (nSPS) is 11.4. The third-order valence-electron chi connectivity index (χ3n) is 5.80. The molecule has 0 atom stereocenters. The summed E-state index contributed by atoms with van der Waals surface area (Å²) in [5.41, 5.74) is 7.08. The Labute approximate surface area is 216 Å². The lowest BCUT2D eigenvalue weighted by atomic mass is 9.97. The van der Waals surface area contributed by atoms with Crippen LogP contribution >= 0.6 is 0 Å². The number of aryl methyl sites for hydroxylation is 2. The van der Waals surface area contributed by atoms with E-state index in [4.69, 9.17) is 4.74 Å². The molecule has 0 radical (unpaired) electrons. The number of carbonyl (C=O) groups is 1. The molecule has 0 spiro atoms. The highest BCUT2D eigenvalue weighted by molar-refractivity contribution is 6.09. The number of anilines is 1. The molecule has 0 unspecified atom stereocenters. The fourth-order valence-corrected chi connectivity index (χ4v) is 3.95. The second-order valence-electron chi connectivity index (χ2n) is 9.79. The first kappa shape index (κ1) is 27.2. The third-order valence-corrected chi connectivity index (χ3v) is 5.80. The number of rotatable bonds is 12. The highest BCUT2D eigenvalue weighted by atomic mass is 16.5. The number of hydrogen-bond acceptors (Lipinski definition) is 5. The Kier molecular flexibility index (Phi) is 9.86. The molecule has 0 aliphatic heterocycles. The van der Waals surface area contributed by atoms with Gasteiger partial charge in [-0.1, -0.05) is 53.6 Å². The number of ether oxygens (including phenoxy) is 1. The van der Waals surface area contributed by atoms with E-state index in [1.165, 1.54) is 11.1 Å². The van der Waals surface area contributed by atoms with Gasteiger partial charge in [-0.3, -0.25) is 4.79 Å². The summed E-state index contributed by atoms with van der Waals surface area (Å²) in [6.45, 7) is 7.28. The molecule has 0 saturated carbocycles. The summed E-state index contributed by atoms with van der Waals surface area (Å²) in [6, 6.07) is 20.4. The maximum Gasteiger partial charge on any atom is 0.189 e. The van der Waals surface area contributed by atoms with Gasteiger partial charge in [-0.2, -0.15) is 0 Å². The number of nitrogens with zero attached hydrogens (tertiary/aromatic N) is 2. The first-order valence-corrected chi connectivity index (χ1v) is 12.4. The van der Waals surface area contributed by atoms with Crippen molar-refractivity contribution in [2.75, 3.05) is 59.7 Å². The number of benzene rings is 3. The van der Waals surface area contributed by atoms with Crippen LogP contribution in [0.15, 0.2) is 66.7 Å². The summed E-state index contributed by atoms with van der Waals surface area (Å²) >= 11 is 0. The first-order chi connectivity index (χ1) is 17.2. The third kappa shape index (κ3) is 8.36. The quantitative estimate of drug-likeness (QED) is 0.260. The molecule has 5 heteroatoms. The zero-order valence-corrected chi connectivity index (χ0v) is 22.5. The van der Waals surface area contributed by atoms with Crippen molar-refractivity contribution in [3.63, 3.8) is 0 Å². The van der Waals surface area contributed by atoms with Crippen LogP contribution in [0.1, 0.15) is 27.0 Å². The topological polar surface area (TPSA) is 44.8 Å². The lowest BCUT2D eigenvalue weighted by Crippen LogP contribution is -2.20. The molecule has 0 saturated heterocycles. The molecule has 0 amide bonds. The minimum Gasteiger partial charge on any atom is -0.491 e. The molecule has 0 fully saturated rings. The molecule has 190 valence electrons. The molecule has 3 aromatic rings. The van der Waals surface area contributed by atoms with Crippen LogP contribution in [0.5, 0.6) is 5.75 Å². The number of ketones is 1. The van der Waals surface area contributed by atoms with Crippen LogP contribution in [-0.4, -0.2) is 70.0 Å². The van der Waals surface area contributed by atoms with Crippen LogP contribution in [0.25, 0.3) is 17.2 Å². The van der Waals surface area contributed by atoms with E-state index in [9.17, 15) is 4.79 Å². The summed E-state index contributed by atoms with van der Waals surface area (Å²) in [7, 11) is 8.12. The van der Waals surface area contributed by atoms with Crippen molar-refractivity contribution < 1.29 is 9.53 Å². The van der Waals surface area contributed by atoms with Crippen LogP contribution in [-0.2, 0) is 0 Å². The van der Waals surface area contributed by atoms with Crippen LogP contribution in [0.4, 0.5) is 5.69 Å². The Hall–Kier alpha value is -3.41. The predicted molar refractivity (Wildman–Crippen MR) is 152 cm³/mol. The number of nitrogens with one attached hydrogen (secondary N) is 1. The standard InChI is InChI=1S/C31H39N3O2/c1-23-18-24(2)20-27(19-23)26-11-13-31(36-17-16-34(5)6)29(22-26)30(35)12-10-25-8-7-9-28(21-25)32-14-15-33(3)4/h7-13,18-22,32H,14-17H2,1-6H3. The van der Waals surface area contributed by atoms with Gasteiger partial charge in [0.05, 0.1) is 5.56 Å². The van der Waals surface area contributed by atoms with Gasteiger partial charge in [-0.25, -0.2) is 0 Å². The van der Waals surface area contributed by atoms with Gasteiger partial charge in [0, 0.05) is 25.3 Å².